The van der Waals surface area contributed by atoms with Crippen LogP contribution in [0.5, 0.6) is 0 Å². The molecular formula is C21H24N2O3. The molecule has 2 aromatic rings. The predicted octanol–water partition coefficient (Wildman–Crippen LogP) is 2.51. The quantitative estimate of drug-likeness (QED) is 0.778. The van der Waals surface area contributed by atoms with E-state index in [1.54, 1.807) is 0 Å². The summed E-state index contributed by atoms with van der Waals surface area (Å²) in [5.74, 6) is -0.321. The first-order chi connectivity index (χ1) is 12.7. The number of ether oxygens (including phenoxy) is 1. The zero-order chi connectivity index (χ0) is 18.2. The Bertz CT molecular complexity index is 719. The molecule has 1 fully saturated rings. The summed E-state index contributed by atoms with van der Waals surface area (Å²) in [6.45, 7) is 1.65. The van der Waals surface area contributed by atoms with Gasteiger partial charge in [-0.05, 0) is 30.5 Å². The molecule has 0 bridgehead atoms. The molecule has 1 N–H and O–H groups in total. The van der Waals surface area contributed by atoms with Crippen molar-refractivity contribution in [1.29, 1.82) is 0 Å². The fourth-order valence-electron chi connectivity index (χ4n) is 3.16. The molecule has 0 saturated carbocycles. The first kappa shape index (κ1) is 18.1. The minimum atomic E-state index is -0.295. The normalized spacial score (nSPS) is 17.0. The summed E-state index contributed by atoms with van der Waals surface area (Å²) in [6, 6.07) is 19.1. The highest BCUT2D eigenvalue weighted by Gasteiger charge is 2.32. The third-order valence-corrected chi connectivity index (χ3v) is 4.55. The van der Waals surface area contributed by atoms with Crippen molar-refractivity contribution in [3.05, 3.63) is 71.8 Å². The highest BCUT2D eigenvalue weighted by atomic mass is 16.5. The number of amides is 1. The van der Waals surface area contributed by atoms with Crippen LogP contribution in [0.4, 0.5) is 0 Å². The van der Waals surface area contributed by atoms with Gasteiger partial charge in [-0.1, -0.05) is 60.7 Å². The van der Waals surface area contributed by atoms with Gasteiger partial charge < -0.3 is 10.1 Å². The van der Waals surface area contributed by atoms with E-state index in [4.69, 9.17) is 4.74 Å². The molecule has 1 saturated heterocycles. The zero-order valence-corrected chi connectivity index (χ0v) is 14.8. The lowest BCUT2D eigenvalue weighted by atomic mass is 10.2. The Morgan fingerprint density at radius 2 is 1.65 bits per heavy atom. The molecule has 136 valence electrons. The third-order valence-electron chi connectivity index (χ3n) is 4.55. The Morgan fingerprint density at radius 1 is 1.00 bits per heavy atom. The number of carbonyl (C=O) groups is 2. The molecule has 2 aromatic carbocycles. The maximum absolute atomic E-state index is 12.5. The van der Waals surface area contributed by atoms with Gasteiger partial charge in [-0.3, -0.25) is 14.5 Å². The Morgan fingerprint density at radius 3 is 2.35 bits per heavy atom. The molecule has 26 heavy (non-hydrogen) atoms. The van der Waals surface area contributed by atoms with E-state index >= 15 is 0 Å². The number of hydrogen-bond donors (Lipinski definition) is 1. The molecule has 0 radical (unpaired) electrons. The van der Waals surface area contributed by atoms with E-state index in [0.29, 0.717) is 6.54 Å². The lowest BCUT2D eigenvalue weighted by molar-refractivity contribution is -0.147. The lowest BCUT2D eigenvalue weighted by Gasteiger charge is -2.22. The van der Waals surface area contributed by atoms with E-state index in [9.17, 15) is 9.59 Å². The molecule has 1 amide bonds. The van der Waals surface area contributed by atoms with Gasteiger partial charge in [0.1, 0.15) is 6.61 Å². The Kier molecular flexibility index (Phi) is 6.39. The molecule has 5 heteroatoms. The van der Waals surface area contributed by atoms with E-state index in [1.807, 2.05) is 65.6 Å². The van der Waals surface area contributed by atoms with E-state index in [2.05, 4.69) is 5.32 Å². The number of benzene rings is 2. The van der Waals surface area contributed by atoms with Crippen LogP contribution in [0.3, 0.4) is 0 Å². The highest BCUT2D eigenvalue weighted by Crippen LogP contribution is 2.17. The molecule has 0 spiro atoms. The SMILES string of the molecule is O=C(CN1CCC[C@H]1C(=O)NCc1ccccc1)OCc1ccccc1. The van der Waals surface area contributed by atoms with Gasteiger partial charge in [0, 0.05) is 6.54 Å². The molecule has 1 atom stereocenters. The van der Waals surface area contributed by atoms with Crippen LogP contribution in [0, 0.1) is 0 Å². The molecule has 0 aliphatic carbocycles. The van der Waals surface area contributed by atoms with Crippen molar-refractivity contribution >= 4 is 11.9 Å². The van der Waals surface area contributed by atoms with Crippen LogP contribution < -0.4 is 5.32 Å². The van der Waals surface area contributed by atoms with Crippen molar-refractivity contribution in [2.75, 3.05) is 13.1 Å². The summed E-state index contributed by atoms with van der Waals surface area (Å²) in [7, 11) is 0. The van der Waals surface area contributed by atoms with E-state index in [-0.39, 0.29) is 31.1 Å². The zero-order valence-electron chi connectivity index (χ0n) is 14.8. The molecule has 1 heterocycles. The van der Waals surface area contributed by atoms with Crippen molar-refractivity contribution in [3.8, 4) is 0 Å². The van der Waals surface area contributed by atoms with Crippen molar-refractivity contribution < 1.29 is 14.3 Å². The van der Waals surface area contributed by atoms with Crippen LogP contribution >= 0.6 is 0 Å². The summed E-state index contributed by atoms with van der Waals surface area (Å²) in [4.78, 5) is 26.5. The molecule has 1 aliphatic heterocycles. The average Bonchev–Trinajstić information content (AvgIpc) is 3.14. The second kappa shape index (κ2) is 9.15. The highest BCUT2D eigenvalue weighted by molar-refractivity contribution is 5.83. The second-order valence-electron chi connectivity index (χ2n) is 6.48. The summed E-state index contributed by atoms with van der Waals surface area (Å²) in [5.41, 5.74) is 2.02. The van der Waals surface area contributed by atoms with Gasteiger partial charge in [-0.2, -0.15) is 0 Å². The molecular weight excluding hydrogens is 328 g/mol. The number of hydrogen-bond acceptors (Lipinski definition) is 4. The minimum absolute atomic E-state index is 0.0257. The van der Waals surface area contributed by atoms with Gasteiger partial charge in [0.05, 0.1) is 12.6 Å². The van der Waals surface area contributed by atoms with Crippen LogP contribution in [-0.2, 0) is 27.5 Å². The minimum Gasteiger partial charge on any atom is -0.460 e. The van der Waals surface area contributed by atoms with Crippen molar-refractivity contribution in [1.82, 2.24) is 10.2 Å². The fraction of sp³-hybridized carbons (Fsp3) is 0.333. The summed E-state index contributed by atoms with van der Waals surface area (Å²) < 4.78 is 5.34. The first-order valence-electron chi connectivity index (χ1n) is 8.97. The number of esters is 1. The smallest absolute Gasteiger partial charge is 0.320 e. The standard InChI is InChI=1S/C21H24N2O3/c24-20(26-16-18-10-5-2-6-11-18)15-23-13-7-12-19(23)21(25)22-14-17-8-3-1-4-9-17/h1-6,8-11,19H,7,12-16H2,(H,22,25)/t19-/m0/s1. The first-order valence-corrected chi connectivity index (χ1v) is 8.97. The third kappa shape index (κ3) is 5.17. The van der Waals surface area contributed by atoms with Crippen molar-refractivity contribution in [2.45, 2.75) is 32.0 Å². The van der Waals surface area contributed by atoms with E-state index < -0.39 is 0 Å². The van der Waals surface area contributed by atoms with Crippen LogP contribution in [0.1, 0.15) is 24.0 Å². The fourth-order valence-corrected chi connectivity index (χ4v) is 3.16. The maximum Gasteiger partial charge on any atom is 0.320 e. The number of rotatable bonds is 7. The Hall–Kier alpha value is -2.66. The van der Waals surface area contributed by atoms with Crippen LogP contribution in [0.25, 0.3) is 0 Å². The van der Waals surface area contributed by atoms with Crippen LogP contribution in [0.15, 0.2) is 60.7 Å². The lowest BCUT2D eigenvalue weighted by Crippen LogP contribution is -2.45. The summed E-state index contributed by atoms with van der Waals surface area (Å²) >= 11 is 0. The average molecular weight is 352 g/mol. The summed E-state index contributed by atoms with van der Waals surface area (Å²) in [5, 5.41) is 2.97. The van der Waals surface area contributed by atoms with E-state index in [0.717, 1.165) is 30.5 Å². The largest absolute Gasteiger partial charge is 0.460 e. The molecule has 0 unspecified atom stereocenters. The molecule has 0 aromatic heterocycles. The topological polar surface area (TPSA) is 58.6 Å². The van der Waals surface area contributed by atoms with Gasteiger partial charge >= 0.3 is 5.97 Å². The predicted molar refractivity (Wildman–Crippen MR) is 99.1 cm³/mol. The number of carbonyl (C=O) groups excluding carboxylic acids is 2. The number of nitrogens with zero attached hydrogens (tertiary/aromatic N) is 1. The Balaban J connectivity index is 1.46. The van der Waals surface area contributed by atoms with Crippen LogP contribution in [0.2, 0.25) is 0 Å². The molecule has 5 nitrogen and oxygen atoms in total. The molecule has 3 rings (SSSR count). The summed E-state index contributed by atoms with van der Waals surface area (Å²) in [6.07, 6.45) is 1.68. The van der Waals surface area contributed by atoms with Gasteiger partial charge in [-0.15, -0.1) is 0 Å². The van der Waals surface area contributed by atoms with Gasteiger partial charge in [0.2, 0.25) is 5.91 Å². The second-order valence-corrected chi connectivity index (χ2v) is 6.48. The maximum atomic E-state index is 12.5. The van der Waals surface area contributed by atoms with Gasteiger partial charge in [0.15, 0.2) is 0 Å². The van der Waals surface area contributed by atoms with E-state index in [1.165, 1.54) is 0 Å². The number of likely N-dealkylation sites (tertiary alicyclic amines) is 1. The van der Waals surface area contributed by atoms with Gasteiger partial charge in [0.25, 0.3) is 0 Å². The van der Waals surface area contributed by atoms with Gasteiger partial charge in [-0.25, -0.2) is 0 Å². The van der Waals surface area contributed by atoms with Crippen LogP contribution in [-0.4, -0.2) is 35.9 Å². The monoisotopic (exact) mass is 352 g/mol. The van der Waals surface area contributed by atoms with Crippen molar-refractivity contribution in [2.24, 2.45) is 0 Å². The number of nitrogens with one attached hydrogen (secondary N) is 1. The Labute approximate surface area is 154 Å². The van der Waals surface area contributed by atoms with Crippen molar-refractivity contribution in [3.63, 3.8) is 0 Å². The molecule has 1 aliphatic rings.